The summed E-state index contributed by atoms with van der Waals surface area (Å²) in [4.78, 5) is 0. The van der Waals surface area contributed by atoms with E-state index in [0.29, 0.717) is 18.1 Å². The molecule has 2 unspecified atom stereocenters. The molecule has 3 atom stereocenters. The van der Waals surface area contributed by atoms with Crippen molar-refractivity contribution in [2.45, 2.75) is 83.3 Å². The lowest BCUT2D eigenvalue weighted by Gasteiger charge is -2.26. The van der Waals surface area contributed by atoms with Crippen LogP contribution < -0.4 is 5.73 Å². The van der Waals surface area contributed by atoms with Gasteiger partial charge in [-0.05, 0) is 93.7 Å². The van der Waals surface area contributed by atoms with Gasteiger partial charge in [-0.25, -0.2) is 0 Å². The van der Waals surface area contributed by atoms with Gasteiger partial charge in [0.25, 0.3) is 0 Å². The van der Waals surface area contributed by atoms with E-state index >= 15 is 0 Å². The molecule has 0 heterocycles. The maximum absolute atomic E-state index is 6.08. The van der Waals surface area contributed by atoms with E-state index in [1.807, 2.05) is 0 Å². The van der Waals surface area contributed by atoms with Crippen LogP contribution in [0.3, 0.4) is 0 Å². The number of rotatable bonds is 6. The fourth-order valence-electron chi connectivity index (χ4n) is 4.36. The molecule has 128 valence electrons. The fraction of sp³-hybridized carbons (Fsp3) is 0.714. The summed E-state index contributed by atoms with van der Waals surface area (Å²) >= 11 is 0. The summed E-state index contributed by atoms with van der Waals surface area (Å²) in [5, 5.41) is 0. The normalized spacial score (nSPS) is 27.4. The Bertz CT molecular complexity index is 511. The van der Waals surface area contributed by atoms with Crippen LogP contribution in [0.1, 0.15) is 75.0 Å². The second kappa shape index (κ2) is 7.81. The number of ether oxygens (including phenoxy) is 1. The summed E-state index contributed by atoms with van der Waals surface area (Å²) in [5.41, 5.74) is 10.8. The van der Waals surface area contributed by atoms with Crippen molar-refractivity contribution in [2.24, 2.45) is 11.7 Å². The third kappa shape index (κ3) is 4.58. The van der Waals surface area contributed by atoms with Crippen molar-refractivity contribution in [3.8, 4) is 0 Å². The van der Waals surface area contributed by atoms with Crippen molar-refractivity contribution < 1.29 is 4.74 Å². The molecular formula is C21H33NO. The first-order chi connectivity index (χ1) is 11.1. The van der Waals surface area contributed by atoms with Gasteiger partial charge in [-0.15, -0.1) is 0 Å². The average molecular weight is 316 g/mol. The van der Waals surface area contributed by atoms with Crippen LogP contribution in [0, 0.1) is 5.92 Å². The van der Waals surface area contributed by atoms with E-state index in [2.05, 4.69) is 32.0 Å². The molecule has 2 aliphatic rings. The Morgan fingerprint density at radius 2 is 2.04 bits per heavy atom. The summed E-state index contributed by atoms with van der Waals surface area (Å²) in [6, 6.07) is 7.71. The molecule has 0 bridgehead atoms. The average Bonchev–Trinajstić information content (AvgIpc) is 2.97. The Hall–Kier alpha value is -0.860. The van der Waals surface area contributed by atoms with Crippen molar-refractivity contribution in [1.29, 1.82) is 0 Å². The summed E-state index contributed by atoms with van der Waals surface area (Å²) in [7, 11) is 0. The highest BCUT2D eigenvalue weighted by molar-refractivity contribution is 5.36. The van der Waals surface area contributed by atoms with E-state index in [4.69, 9.17) is 10.5 Å². The monoisotopic (exact) mass is 315 g/mol. The third-order valence-electron chi connectivity index (χ3n) is 5.71. The third-order valence-corrected chi connectivity index (χ3v) is 5.71. The zero-order valence-corrected chi connectivity index (χ0v) is 14.9. The minimum absolute atomic E-state index is 0.365. The van der Waals surface area contributed by atoms with E-state index in [1.165, 1.54) is 51.4 Å². The Morgan fingerprint density at radius 3 is 2.78 bits per heavy atom. The zero-order valence-electron chi connectivity index (χ0n) is 14.9. The van der Waals surface area contributed by atoms with Gasteiger partial charge < -0.3 is 10.5 Å². The molecule has 1 aromatic carbocycles. The van der Waals surface area contributed by atoms with Gasteiger partial charge in [-0.1, -0.05) is 18.2 Å². The van der Waals surface area contributed by atoms with Crippen LogP contribution >= 0.6 is 0 Å². The number of hydrogen-bond donors (Lipinski definition) is 1. The standard InChI is InChI=1S/C21H33NO/c1-15(2)23-11-3-4-16-5-6-18-13-19(8-7-17(18)12-16)20-9-10-21(22)14-20/h7-8,13,15-16,20-21H,3-6,9-12,14,22H2,1-2H3/t16?,20?,21-/m1/s1. The van der Waals surface area contributed by atoms with E-state index in [0.717, 1.165) is 12.5 Å². The first-order valence-corrected chi connectivity index (χ1v) is 9.60. The van der Waals surface area contributed by atoms with Gasteiger partial charge in [0.2, 0.25) is 0 Å². The SMILES string of the molecule is CC(C)OCCCC1CCc2cc(C3CC[C@@H](N)C3)ccc2C1. The van der Waals surface area contributed by atoms with Gasteiger partial charge in [0.15, 0.2) is 0 Å². The van der Waals surface area contributed by atoms with Crippen molar-refractivity contribution >= 4 is 0 Å². The largest absolute Gasteiger partial charge is 0.379 e. The molecule has 2 nitrogen and oxygen atoms in total. The predicted octanol–water partition coefficient (Wildman–Crippen LogP) is 4.59. The summed E-state index contributed by atoms with van der Waals surface area (Å²) in [6.45, 7) is 5.15. The molecule has 1 fully saturated rings. The lowest BCUT2D eigenvalue weighted by molar-refractivity contribution is 0.0732. The first-order valence-electron chi connectivity index (χ1n) is 9.60. The van der Waals surface area contributed by atoms with Crippen molar-refractivity contribution in [3.05, 3.63) is 34.9 Å². The van der Waals surface area contributed by atoms with Crippen LogP contribution in [0.2, 0.25) is 0 Å². The van der Waals surface area contributed by atoms with Crippen molar-refractivity contribution in [3.63, 3.8) is 0 Å². The maximum Gasteiger partial charge on any atom is 0.0518 e. The number of hydrogen-bond acceptors (Lipinski definition) is 2. The molecular weight excluding hydrogens is 282 g/mol. The van der Waals surface area contributed by atoms with Crippen LogP contribution in [0.25, 0.3) is 0 Å². The number of aryl methyl sites for hydroxylation is 1. The van der Waals surface area contributed by atoms with Crippen LogP contribution in [-0.2, 0) is 17.6 Å². The summed E-state index contributed by atoms with van der Waals surface area (Å²) in [5.74, 6) is 1.56. The number of fused-ring (bicyclic) bond motifs is 1. The van der Waals surface area contributed by atoms with Crippen LogP contribution in [0.4, 0.5) is 0 Å². The van der Waals surface area contributed by atoms with E-state index in [9.17, 15) is 0 Å². The summed E-state index contributed by atoms with van der Waals surface area (Å²) in [6.07, 6.45) is 10.4. The molecule has 0 radical (unpaired) electrons. The lowest BCUT2D eigenvalue weighted by atomic mass is 9.80. The Morgan fingerprint density at radius 1 is 1.17 bits per heavy atom. The van der Waals surface area contributed by atoms with Gasteiger partial charge in [0, 0.05) is 12.6 Å². The summed E-state index contributed by atoms with van der Waals surface area (Å²) < 4.78 is 5.67. The topological polar surface area (TPSA) is 35.2 Å². The van der Waals surface area contributed by atoms with Gasteiger partial charge in [-0.2, -0.15) is 0 Å². The Balaban J connectivity index is 1.53. The second-order valence-electron chi connectivity index (χ2n) is 7.97. The second-order valence-corrected chi connectivity index (χ2v) is 7.97. The van der Waals surface area contributed by atoms with Crippen LogP contribution in [0.15, 0.2) is 18.2 Å². The first kappa shape index (κ1) is 17.0. The lowest BCUT2D eigenvalue weighted by Crippen LogP contribution is -2.16. The Labute approximate surface area is 141 Å². The molecule has 0 aliphatic heterocycles. The van der Waals surface area contributed by atoms with Gasteiger partial charge in [-0.3, -0.25) is 0 Å². The molecule has 2 heteroatoms. The highest BCUT2D eigenvalue weighted by Gasteiger charge is 2.25. The van der Waals surface area contributed by atoms with E-state index < -0.39 is 0 Å². The highest BCUT2D eigenvalue weighted by atomic mass is 16.5. The fourth-order valence-corrected chi connectivity index (χ4v) is 4.36. The van der Waals surface area contributed by atoms with Gasteiger partial charge >= 0.3 is 0 Å². The van der Waals surface area contributed by atoms with Crippen molar-refractivity contribution in [2.75, 3.05) is 6.61 Å². The Kier molecular flexibility index (Phi) is 5.76. The van der Waals surface area contributed by atoms with Gasteiger partial charge in [0.05, 0.1) is 6.10 Å². The molecule has 0 saturated heterocycles. The molecule has 0 spiro atoms. The van der Waals surface area contributed by atoms with Crippen LogP contribution in [-0.4, -0.2) is 18.8 Å². The molecule has 0 amide bonds. The molecule has 23 heavy (non-hydrogen) atoms. The number of nitrogens with two attached hydrogens (primary N) is 1. The van der Waals surface area contributed by atoms with Gasteiger partial charge in [0.1, 0.15) is 0 Å². The molecule has 1 aromatic rings. The molecule has 2 aliphatic carbocycles. The van der Waals surface area contributed by atoms with E-state index in [1.54, 1.807) is 16.7 Å². The van der Waals surface area contributed by atoms with E-state index in [-0.39, 0.29) is 0 Å². The number of benzene rings is 1. The highest BCUT2D eigenvalue weighted by Crippen LogP contribution is 2.36. The maximum atomic E-state index is 6.08. The van der Waals surface area contributed by atoms with Crippen molar-refractivity contribution in [1.82, 2.24) is 0 Å². The smallest absolute Gasteiger partial charge is 0.0518 e. The molecule has 3 rings (SSSR count). The molecule has 2 N–H and O–H groups in total. The van der Waals surface area contributed by atoms with Crippen LogP contribution in [0.5, 0.6) is 0 Å². The molecule has 1 saturated carbocycles. The quantitative estimate of drug-likeness (QED) is 0.779. The minimum atomic E-state index is 0.365. The zero-order chi connectivity index (χ0) is 16.2. The predicted molar refractivity (Wildman–Crippen MR) is 96.8 cm³/mol. The molecule has 0 aromatic heterocycles. The minimum Gasteiger partial charge on any atom is -0.379 e.